The van der Waals surface area contributed by atoms with Gasteiger partial charge in [0, 0.05) is 25.3 Å². The van der Waals surface area contributed by atoms with Gasteiger partial charge in [-0.05, 0) is 24.7 Å². The number of hydrogen-bond donors (Lipinski definition) is 2. The van der Waals surface area contributed by atoms with E-state index in [-0.39, 0.29) is 28.4 Å². The third kappa shape index (κ3) is 3.13. The van der Waals surface area contributed by atoms with Gasteiger partial charge in [0.15, 0.2) is 0 Å². The Morgan fingerprint density at radius 3 is 2.74 bits per heavy atom. The van der Waals surface area contributed by atoms with Crippen molar-refractivity contribution in [3.8, 4) is 0 Å². The van der Waals surface area contributed by atoms with Crippen LogP contribution in [0.2, 0.25) is 5.02 Å². The van der Waals surface area contributed by atoms with Gasteiger partial charge in [-0.15, -0.1) is 0 Å². The quantitative estimate of drug-likeness (QED) is 0.623. The fraction of sp³-hybridized carbons (Fsp3) is 0.500. The number of nitrogens with one attached hydrogen (secondary N) is 1. The van der Waals surface area contributed by atoms with Gasteiger partial charge >= 0.3 is 0 Å². The van der Waals surface area contributed by atoms with Crippen LogP contribution in [0.15, 0.2) is 12.1 Å². The molecule has 0 spiro atoms. The van der Waals surface area contributed by atoms with Gasteiger partial charge in [-0.3, -0.25) is 10.1 Å². The number of rotatable bonds is 6. The fourth-order valence-electron chi connectivity index (χ4n) is 2.04. The van der Waals surface area contributed by atoms with Crippen LogP contribution in [0.3, 0.4) is 0 Å². The van der Waals surface area contributed by atoms with E-state index < -0.39 is 10.7 Å². The van der Waals surface area contributed by atoms with Crippen LogP contribution < -0.4 is 5.32 Å². The van der Waals surface area contributed by atoms with Crippen LogP contribution in [0.25, 0.3) is 0 Å². The summed E-state index contributed by atoms with van der Waals surface area (Å²) in [7, 11) is 0. The highest BCUT2D eigenvalue weighted by Gasteiger charge is 2.41. The van der Waals surface area contributed by atoms with Crippen LogP contribution in [-0.4, -0.2) is 23.2 Å². The van der Waals surface area contributed by atoms with Crippen molar-refractivity contribution in [3.63, 3.8) is 0 Å². The summed E-state index contributed by atoms with van der Waals surface area (Å²) >= 11 is 5.54. The maximum atomic E-state index is 13.4. The average molecular weight is 289 g/mol. The largest absolute Gasteiger partial charge is 0.396 e. The van der Waals surface area contributed by atoms with Crippen molar-refractivity contribution in [3.05, 3.63) is 33.1 Å². The van der Waals surface area contributed by atoms with E-state index in [1.807, 2.05) is 0 Å². The van der Waals surface area contributed by atoms with Gasteiger partial charge in [0.25, 0.3) is 5.69 Å². The van der Waals surface area contributed by atoms with E-state index in [1.54, 1.807) is 0 Å². The molecule has 2 rings (SSSR count). The molecule has 1 saturated carbocycles. The number of benzene rings is 1. The normalized spacial score (nSPS) is 16.2. The van der Waals surface area contributed by atoms with Crippen molar-refractivity contribution in [2.75, 3.05) is 18.5 Å². The molecule has 0 amide bonds. The predicted molar refractivity (Wildman–Crippen MR) is 69.9 cm³/mol. The van der Waals surface area contributed by atoms with E-state index in [2.05, 4.69) is 5.32 Å². The molecule has 0 unspecified atom stereocenters. The lowest BCUT2D eigenvalue weighted by atomic mass is 10.0. The highest BCUT2D eigenvalue weighted by atomic mass is 35.5. The third-order valence-corrected chi connectivity index (χ3v) is 3.78. The second-order valence-corrected chi connectivity index (χ2v) is 5.27. The number of hydrogen-bond acceptors (Lipinski definition) is 4. The van der Waals surface area contributed by atoms with Gasteiger partial charge < -0.3 is 10.4 Å². The van der Waals surface area contributed by atoms with Crippen LogP contribution in [0.1, 0.15) is 19.3 Å². The lowest BCUT2D eigenvalue weighted by Crippen LogP contribution is -2.17. The highest BCUT2D eigenvalue weighted by Crippen LogP contribution is 2.48. The number of aliphatic hydroxyl groups excluding tert-OH is 1. The first kappa shape index (κ1) is 14.0. The maximum absolute atomic E-state index is 13.4. The first-order valence-corrected chi connectivity index (χ1v) is 6.33. The van der Waals surface area contributed by atoms with Gasteiger partial charge in [0.1, 0.15) is 11.5 Å². The van der Waals surface area contributed by atoms with Crippen LogP contribution in [-0.2, 0) is 0 Å². The van der Waals surface area contributed by atoms with Crippen molar-refractivity contribution in [1.29, 1.82) is 0 Å². The van der Waals surface area contributed by atoms with Crippen LogP contribution in [0.4, 0.5) is 15.8 Å². The molecule has 1 aromatic carbocycles. The van der Waals surface area contributed by atoms with Gasteiger partial charge in [-0.25, -0.2) is 4.39 Å². The average Bonchev–Trinajstić information content (AvgIpc) is 3.11. The minimum Gasteiger partial charge on any atom is -0.396 e. The summed E-state index contributed by atoms with van der Waals surface area (Å²) in [5.74, 6) is -0.693. The molecule has 0 radical (unpaired) electrons. The van der Waals surface area contributed by atoms with Gasteiger partial charge in [0.05, 0.1) is 9.95 Å². The molecular weight excluding hydrogens is 275 g/mol. The summed E-state index contributed by atoms with van der Waals surface area (Å²) < 4.78 is 13.4. The zero-order valence-electron chi connectivity index (χ0n) is 10.2. The molecule has 0 saturated heterocycles. The van der Waals surface area contributed by atoms with Crippen molar-refractivity contribution in [2.24, 2.45) is 5.41 Å². The number of nitrogens with zero attached hydrogens (tertiary/aromatic N) is 1. The standard InChI is InChI=1S/C12H14ClFN2O3/c13-8-5-11(16(18)19)10(6-9(8)14)15-7-12(1-2-12)3-4-17/h5-6,15,17H,1-4,7H2. The molecule has 1 aliphatic carbocycles. The summed E-state index contributed by atoms with van der Waals surface area (Å²) in [6, 6.07) is 2.04. The Labute approximate surface area is 114 Å². The number of nitro groups is 1. The topological polar surface area (TPSA) is 75.4 Å². The van der Waals surface area contributed by atoms with E-state index in [1.165, 1.54) is 0 Å². The summed E-state index contributed by atoms with van der Waals surface area (Å²) in [5, 5.41) is 22.5. The van der Waals surface area contributed by atoms with Gasteiger partial charge in [-0.2, -0.15) is 0 Å². The molecule has 2 N–H and O–H groups in total. The molecule has 1 fully saturated rings. The monoisotopic (exact) mass is 288 g/mol. The van der Waals surface area contributed by atoms with E-state index in [9.17, 15) is 14.5 Å². The number of aliphatic hydroxyl groups is 1. The first-order valence-electron chi connectivity index (χ1n) is 5.96. The minimum absolute atomic E-state index is 0.0151. The molecule has 0 bridgehead atoms. The third-order valence-electron chi connectivity index (χ3n) is 3.49. The second kappa shape index (κ2) is 5.30. The summed E-state index contributed by atoms with van der Waals surface area (Å²) in [4.78, 5) is 10.3. The smallest absolute Gasteiger partial charge is 0.294 e. The second-order valence-electron chi connectivity index (χ2n) is 4.87. The molecule has 5 nitrogen and oxygen atoms in total. The zero-order valence-corrected chi connectivity index (χ0v) is 10.9. The summed E-state index contributed by atoms with van der Waals surface area (Å²) in [6.45, 7) is 0.564. The van der Waals surface area contributed by atoms with Crippen molar-refractivity contribution in [2.45, 2.75) is 19.3 Å². The first-order chi connectivity index (χ1) is 8.97. The number of anilines is 1. The molecule has 19 heavy (non-hydrogen) atoms. The summed E-state index contributed by atoms with van der Waals surface area (Å²) in [6.07, 6.45) is 2.57. The van der Waals surface area contributed by atoms with E-state index in [4.69, 9.17) is 16.7 Å². The maximum Gasteiger partial charge on any atom is 0.294 e. The Balaban J connectivity index is 2.15. The van der Waals surface area contributed by atoms with Gasteiger partial charge in [0.2, 0.25) is 0 Å². The Bertz CT molecular complexity index is 506. The molecule has 104 valence electrons. The number of nitro benzene ring substituents is 1. The molecule has 0 atom stereocenters. The molecule has 1 aromatic rings. The van der Waals surface area contributed by atoms with Crippen molar-refractivity contribution < 1.29 is 14.4 Å². The Hall–Kier alpha value is -1.40. The number of halogens is 2. The van der Waals surface area contributed by atoms with E-state index >= 15 is 0 Å². The molecule has 0 heterocycles. The highest BCUT2D eigenvalue weighted by molar-refractivity contribution is 6.31. The predicted octanol–water partition coefficient (Wildman–Crippen LogP) is 2.96. The Kier molecular flexibility index (Phi) is 3.91. The Morgan fingerprint density at radius 2 is 2.21 bits per heavy atom. The van der Waals surface area contributed by atoms with Crippen LogP contribution >= 0.6 is 11.6 Å². The Morgan fingerprint density at radius 1 is 1.53 bits per heavy atom. The minimum atomic E-state index is -0.693. The van der Waals surface area contributed by atoms with Gasteiger partial charge in [-0.1, -0.05) is 11.6 Å². The van der Waals surface area contributed by atoms with E-state index in [0.717, 1.165) is 25.0 Å². The molecule has 7 heteroatoms. The molecule has 1 aliphatic rings. The van der Waals surface area contributed by atoms with Crippen molar-refractivity contribution >= 4 is 23.0 Å². The SMILES string of the molecule is O=[N+]([O-])c1cc(Cl)c(F)cc1NCC1(CCO)CC1. The molecular formula is C12H14ClFN2O3. The van der Waals surface area contributed by atoms with Crippen LogP contribution in [0, 0.1) is 21.3 Å². The lowest BCUT2D eigenvalue weighted by Gasteiger charge is -2.15. The van der Waals surface area contributed by atoms with Crippen molar-refractivity contribution in [1.82, 2.24) is 0 Å². The van der Waals surface area contributed by atoms with E-state index in [0.29, 0.717) is 13.0 Å². The molecule has 0 aliphatic heterocycles. The molecule has 0 aromatic heterocycles. The fourth-order valence-corrected chi connectivity index (χ4v) is 2.20. The van der Waals surface area contributed by atoms with Crippen LogP contribution in [0.5, 0.6) is 0 Å². The lowest BCUT2D eigenvalue weighted by molar-refractivity contribution is -0.384. The summed E-state index contributed by atoms with van der Waals surface area (Å²) in [5.41, 5.74) is -0.138. The zero-order chi connectivity index (χ0) is 14.0.